The molecule has 0 aromatic carbocycles. The molecule has 0 spiro atoms. The molecule has 1 unspecified atom stereocenters. The molecule has 3 heterocycles. The SMILES string of the molecule is Cc1nc(Nc2ncc(C)s2)cc(C2CCCCN2C)n1. The van der Waals surface area contributed by atoms with Crippen LogP contribution in [0.5, 0.6) is 0 Å². The van der Waals surface area contributed by atoms with Crippen LogP contribution in [0.2, 0.25) is 0 Å². The number of nitrogens with zero attached hydrogens (tertiary/aromatic N) is 4. The summed E-state index contributed by atoms with van der Waals surface area (Å²) in [5, 5.41) is 4.18. The molecule has 0 saturated carbocycles. The molecular weight excluding hydrogens is 282 g/mol. The summed E-state index contributed by atoms with van der Waals surface area (Å²) in [5.41, 5.74) is 1.11. The van der Waals surface area contributed by atoms with Crippen molar-refractivity contribution in [1.29, 1.82) is 0 Å². The molecule has 2 aromatic rings. The third-order valence-corrected chi connectivity index (χ3v) is 4.65. The third-order valence-electron chi connectivity index (χ3n) is 3.83. The van der Waals surface area contributed by atoms with Gasteiger partial charge >= 0.3 is 0 Å². The first-order valence-electron chi connectivity index (χ1n) is 7.37. The summed E-state index contributed by atoms with van der Waals surface area (Å²) in [6, 6.07) is 2.47. The predicted molar refractivity (Wildman–Crippen MR) is 86.1 cm³/mol. The Kier molecular flexibility index (Phi) is 4.17. The van der Waals surface area contributed by atoms with Crippen molar-refractivity contribution in [1.82, 2.24) is 19.9 Å². The fourth-order valence-electron chi connectivity index (χ4n) is 2.80. The van der Waals surface area contributed by atoms with Gasteiger partial charge in [-0.15, -0.1) is 11.3 Å². The van der Waals surface area contributed by atoms with Crippen molar-refractivity contribution in [2.75, 3.05) is 18.9 Å². The average Bonchev–Trinajstić information content (AvgIpc) is 2.84. The van der Waals surface area contributed by atoms with E-state index in [-0.39, 0.29) is 0 Å². The summed E-state index contributed by atoms with van der Waals surface area (Å²) >= 11 is 1.64. The minimum atomic E-state index is 0.402. The Hall–Kier alpha value is -1.53. The number of likely N-dealkylation sites (tertiary alicyclic amines) is 1. The zero-order valence-corrected chi connectivity index (χ0v) is 13.6. The molecule has 5 nitrogen and oxygen atoms in total. The van der Waals surface area contributed by atoms with Crippen LogP contribution < -0.4 is 5.32 Å². The molecule has 3 rings (SSSR count). The van der Waals surface area contributed by atoms with Gasteiger partial charge in [0.15, 0.2) is 5.13 Å². The maximum Gasteiger partial charge on any atom is 0.188 e. The standard InChI is InChI=1S/C15H21N5S/c1-10-9-16-15(21-10)19-14-8-12(17-11(2)18-14)13-6-4-5-7-20(13)3/h8-9,13H,4-7H2,1-3H3,(H,16,17,18,19). The molecule has 112 valence electrons. The summed E-state index contributed by atoms with van der Waals surface area (Å²) in [6.45, 7) is 5.14. The normalized spacial score (nSPS) is 19.7. The van der Waals surface area contributed by atoms with Gasteiger partial charge in [-0.3, -0.25) is 4.90 Å². The molecule has 0 amide bonds. The third kappa shape index (κ3) is 3.39. The topological polar surface area (TPSA) is 53.9 Å². The number of aryl methyl sites for hydroxylation is 2. The molecule has 1 aliphatic heterocycles. The number of thiazole rings is 1. The van der Waals surface area contributed by atoms with Crippen molar-refractivity contribution in [2.45, 2.75) is 39.2 Å². The van der Waals surface area contributed by atoms with Gasteiger partial charge in [0.05, 0.1) is 11.7 Å². The molecule has 1 aliphatic rings. The summed E-state index contributed by atoms with van der Waals surface area (Å²) < 4.78 is 0. The molecule has 2 aromatic heterocycles. The van der Waals surface area contributed by atoms with Gasteiger partial charge in [0.1, 0.15) is 11.6 Å². The lowest BCUT2D eigenvalue weighted by atomic mass is 10.00. The van der Waals surface area contributed by atoms with Crippen LogP contribution in [-0.2, 0) is 0 Å². The predicted octanol–water partition coefficient (Wildman–Crippen LogP) is 3.45. The van der Waals surface area contributed by atoms with Gasteiger partial charge in [0.25, 0.3) is 0 Å². The first-order chi connectivity index (χ1) is 10.1. The molecule has 1 fully saturated rings. The molecule has 1 atom stereocenters. The number of nitrogens with one attached hydrogen (secondary N) is 1. The minimum Gasteiger partial charge on any atom is -0.316 e. The Morgan fingerprint density at radius 2 is 2.14 bits per heavy atom. The number of hydrogen-bond donors (Lipinski definition) is 1. The Balaban J connectivity index is 1.85. The fourth-order valence-corrected chi connectivity index (χ4v) is 3.47. The molecule has 1 saturated heterocycles. The van der Waals surface area contributed by atoms with E-state index in [0.29, 0.717) is 6.04 Å². The van der Waals surface area contributed by atoms with Crippen molar-refractivity contribution in [3.63, 3.8) is 0 Å². The second-order valence-corrected chi connectivity index (χ2v) is 6.85. The Morgan fingerprint density at radius 1 is 1.29 bits per heavy atom. The lowest BCUT2D eigenvalue weighted by Gasteiger charge is -2.32. The lowest BCUT2D eigenvalue weighted by Crippen LogP contribution is -2.30. The smallest absolute Gasteiger partial charge is 0.188 e. The van der Waals surface area contributed by atoms with Crippen LogP contribution in [-0.4, -0.2) is 33.4 Å². The van der Waals surface area contributed by atoms with Crippen LogP contribution >= 0.6 is 11.3 Å². The van der Waals surface area contributed by atoms with Crippen LogP contribution in [0.4, 0.5) is 10.9 Å². The zero-order valence-electron chi connectivity index (χ0n) is 12.8. The highest BCUT2D eigenvalue weighted by Crippen LogP contribution is 2.30. The van der Waals surface area contributed by atoms with E-state index in [9.17, 15) is 0 Å². The second-order valence-electron chi connectivity index (χ2n) is 5.62. The number of aromatic nitrogens is 3. The summed E-state index contributed by atoms with van der Waals surface area (Å²) in [5.74, 6) is 1.65. The van der Waals surface area contributed by atoms with Gasteiger partial charge in [-0.05, 0) is 40.3 Å². The van der Waals surface area contributed by atoms with Crippen molar-refractivity contribution in [3.05, 3.63) is 28.7 Å². The summed E-state index contributed by atoms with van der Waals surface area (Å²) in [7, 11) is 2.18. The van der Waals surface area contributed by atoms with Crippen LogP contribution in [0.25, 0.3) is 0 Å². The van der Waals surface area contributed by atoms with Crippen molar-refractivity contribution in [2.24, 2.45) is 0 Å². The van der Waals surface area contributed by atoms with Crippen molar-refractivity contribution >= 4 is 22.3 Å². The van der Waals surface area contributed by atoms with E-state index in [1.807, 2.05) is 13.1 Å². The van der Waals surface area contributed by atoms with Gasteiger partial charge in [-0.2, -0.15) is 0 Å². The van der Waals surface area contributed by atoms with Gasteiger partial charge in [0.2, 0.25) is 0 Å². The summed E-state index contributed by atoms with van der Waals surface area (Å²) in [4.78, 5) is 17.0. The Bertz CT molecular complexity index is 624. The highest BCUT2D eigenvalue weighted by atomic mass is 32.1. The fraction of sp³-hybridized carbons (Fsp3) is 0.533. The van der Waals surface area contributed by atoms with E-state index >= 15 is 0 Å². The quantitative estimate of drug-likeness (QED) is 0.941. The molecule has 1 N–H and O–H groups in total. The first kappa shape index (κ1) is 14.4. The van der Waals surface area contributed by atoms with E-state index in [4.69, 9.17) is 0 Å². The molecule has 0 radical (unpaired) electrons. The lowest BCUT2D eigenvalue weighted by molar-refractivity contribution is 0.183. The van der Waals surface area contributed by atoms with E-state index in [2.05, 4.69) is 45.2 Å². The Labute approximate surface area is 129 Å². The van der Waals surface area contributed by atoms with E-state index in [1.54, 1.807) is 11.3 Å². The number of hydrogen-bond acceptors (Lipinski definition) is 6. The second kappa shape index (κ2) is 6.07. The van der Waals surface area contributed by atoms with E-state index in [0.717, 1.165) is 29.0 Å². The number of piperidine rings is 1. The van der Waals surface area contributed by atoms with Gasteiger partial charge in [-0.25, -0.2) is 15.0 Å². The molecule has 0 aliphatic carbocycles. The monoisotopic (exact) mass is 303 g/mol. The van der Waals surface area contributed by atoms with Crippen LogP contribution in [0.3, 0.4) is 0 Å². The average molecular weight is 303 g/mol. The molecular formula is C15H21N5S. The summed E-state index contributed by atoms with van der Waals surface area (Å²) in [6.07, 6.45) is 5.59. The van der Waals surface area contributed by atoms with Gasteiger partial charge < -0.3 is 5.32 Å². The van der Waals surface area contributed by atoms with E-state index < -0.39 is 0 Å². The molecule has 0 bridgehead atoms. The molecule has 6 heteroatoms. The Morgan fingerprint density at radius 3 is 2.86 bits per heavy atom. The van der Waals surface area contributed by atoms with Gasteiger partial charge in [-0.1, -0.05) is 6.42 Å². The maximum atomic E-state index is 4.64. The largest absolute Gasteiger partial charge is 0.316 e. The van der Waals surface area contributed by atoms with Crippen LogP contribution in [0.15, 0.2) is 12.3 Å². The van der Waals surface area contributed by atoms with Crippen LogP contribution in [0, 0.1) is 13.8 Å². The highest BCUT2D eigenvalue weighted by Gasteiger charge is 2.22. The number of anilines is 2. The maximum absolute atomic E-state index is 4.64. The minimum absolute atomic E-state index is 0.402. The zero-order chi connectivity index (χ0) is 14.8. The van der Waals surface area contributed by atoms with E-state index in [1.165, 1.54) is 24.1 Å². The van der Waals surface area contributed by atoms with Crippen molar-refractivity contribution < 1.29 is 0 Å². The number of rotatable bonds is 3. The van der Waals surface area contributed by atoms with Crippen LogP contribution in [0.1, 0.15) is 41.7 Å². The van der Waals surface area contributed by atoms with Gasteiger partial charge in [0, 0.05) is 17.1 Å². The molecule has 21 heavy (non-hydrogen) atoms. The first-order valence-corrected chi connectivity index (χ1v) is 8.19. The highest BCUT2D eigenvalue weighted by molar-refractivity contribution is 7.15. The van der Waals surface area contributed by atoms with Crippen molar-refractivity contribution in [3.8, 4) is 0 Å².